The van der Waals surface area contributed by atoms with Gasteiger partial charge in [-0.05, 0) is 49.4 Å². The van der Waals surface area contributed by atoms with Gasteiger partial charge in [-0.2, -0.15) is 0 Å². The molecule has 2 amide bonds. The fourth-order valence-electron chi connectivity index (χ4n) is 2.73. The number of hydrogen-bond acceptors (Lipinski definition) is 5. The number of hydrogen-bond donors (Lipinski definition) is 1. The number of nitrogens with zero attached hydrogens (tertiary/aromatic N) is 2. The number of anilines is 1. The van der Waals surface area contributed by atoms with E-state index in [1.165, 1.54) is 28.8 Å². The van der Waals surface area contributed by atoms with Crippen LogP contribution in [-0.2, 0) is 9.59 Å². The molecule has 8 heteroatoms. The van der Waals surface area contributed by atoms with Gasteiger partial charge < -0.3 is 10.1 Å². The van der Waals surface area contributed by atoms with E-state index < -0.39 is 11.1 Å². The van der Waals surface area contributed by atoms with E-state index in [4.69, 9.17) is 4.74 Å². The van der Waals surface area contributed by atoms with Gasteiger partial charge in [-0.3, -0.25) is 14.5 Å². The van der Waals surface area contributed by atoms with Gasteiger partial charge >= 0.3 is 0 Å². The lowest BCUT2D eigenvalue weighted by atomic mass is 10.2. The summed E-state index contributed by atoms with van der Waals surface area (Å²) in [5, 5.41) is 2.69. The first-order valence-electron chi connectivity index (χ1n) is 8.76. The number of amides is 2. The molecule has 0 unspecified atom stereocenters. The van der Waals surface area contributed by atoms with Gasteiger partial charge in [0, 0.05) is 18.7 Å². The first-order valence-corrected chi connectivity index (χ1v) is 9.64. The molecule has 146 valence electrons. The summed E-state index contributed by atoms with van der Waals surface area (Å²) in [5.41, 5.74) is 1.05. The second kappa shape index (κ2) is 8.88. The minimum absolute atomic E-state index is 0.0220. The van der Waals surface area contributed by atoms with Crippen LogP contribution in [0.5, 0.6) is 5.75 Å². The molecule has 2 aromatic carbocycles. The molecule has 1 fully saturated rings. The van der Waals surface area contributed by atoms with Crippen molar-refractivity contribution in [3.8, 4) is 5.75 Å². The fourth-order valence-corrected chi connectivity index (χ4v) is 3.95. The van der Waals surface area contributed by atoms with E-state index >= 15 is 0 Å². The quantitative estimate of drug-likeness (QED) is 0.799. The first-order chi connectivity index (χ1) is 13.5. The zero-order valence-electron chi connectivity index (χ0n) is 15.5. The molecule has 0 radical (unpaired) electrons. The maximum Gasteiger partial charge on any atom is 0.242 e. The molecule has 0 bridgehead atoms. The van der Waals surface area contributed by atoms with E-state index in [0.29, 0.717) is 28.8 Å². The summed E-state index contributed by atoms with van der Waals surface area (Å²) in [7, 11) is 1.57. The molecule has 0 spiro atoms. The van der Waals surface area contributed by atoms with Crippen LogP contribution in [0.1, 0.15) is 13.3 Å². The van der Waals surface area contributed by atoms with Crippen molar-refractivity contribution >= 4 is 40.1 Å². The first kappa shape index (κ1) is 19.9. The number of rotatable bonds is 6. The average molecular weight is 401 g/mol. The smallest absolute Gasteiger partial charge is 0.242 e. The van der Waals surface area contributed by atoms with Gasteiger partial charge in [-0.1, -0.05) is 17.8 Å². The van der Waals surface area contributed by atoms with Gasteiger partial charge in [0.25, 0.3) is 0 Å². The highest BCUT2D eigenvalue weighted by Gasteiger charge is 2.38. The monoisotopic (exact) mass is 401 g/mol. The van der Waals surface area contributed by atoms with E-state index in [1.807, 2.05) is 6.92 Å². The van der Waals surface area contributed by atoms with Crippen molar-refractivity contribution in [2.45, 2.75) is 18.6 Å². The molecule has 1 aliphatic rings. The number of halogens is 1. The number of carbonyl (C=O) groups is 2. The van der Waals surface area contributed by atoms with E-state index in [2.05, 4.69) is 10.3 Å². The van der Waals surface area contributed by atoms with Crippen molar-refractivity contribution in [2.24, 2.45) is 4.99 Å². The van der Waals surface area contributed by atoms with Gasteiger partial charge in [0.1, 0.15) is 16.8 Å². The van der Waals surface area contributed by atoms with Gasteiger partial charge in [0.15, 0.2) is 5.17 Å². The van der Waals surface area contributed by atoms with Crippen LogP contribution in [0, 0.1) is 5.82 Å². The van der Waals surface area contributed by atoms with Crippen LogP contribution in [0.3, 0.4) is 0 Å². The second-order valence-corrected chi connectivity index (χ2v) is 7.21. The predicted octanol–water partition coefficient (Wildman–Crippen LogP) is 3.81. The zero-order valence-corrected chi connectivity index (χ0v) is 16.3. The van der Waals surface area contributed by atoms with E-state index in [-0.39, 0.29) is 18.2 Å². The highest BCUT2D eigenvalue weighted by molar-refractivity contribution is 8.15. The fraction of sp³-hybridized carbons (Fsp3) is 0.250. The molecule has 1 N–H and O–H groups in total. The number of methoxy groups -OCH3 is 1. The number of amidine groups is 1. The number of thioether (sulfide) groups is 1. The molecule has 3 rings (SSSR count). The normalized spacial score (nSPS) is 17.8. The largest absolute Gasteiger partial charge is 0.497 e. The molecule has 2 aromatic rings. The minimum Gasteiger partial charge on any atom is -0.497 e. The van der Waals surface area contributed by atoms with Crippen molar-refractivity contribution in [3.05, 3.63) is 54.3 Å². The lowest BCUT2D eigenvalue weighted by Gasteiger charge is -2.13. The molecule has 1 saturated heterocycles. The topological polar surface area (TPSA) is 71.0 Å². The van der Waals surface area contributed by atoms with E-state index in [0.717, 1.165) is 0 Å². The Balaban J connectivity index is 1.68. The minimum atomic E-state index is -0.564. The van der Waals surface area contributed by atoms with Crippen molar-refractivity contribution in [3.63, 3.8) is 0 Å². The lowest BCUT2D eigenvalue weighted by molar-refractivity contribution is -0.128. The Morgan fingerprint density at radius 3 is 2.68 bits per heavy atom. The van der Waals surface area contributed by atoms with Crippen molar-refractivity contribution in [1.29, 1.82) is 0 Å². The van der Waals surface area contributed by atoms with Crippen LogP contribution < -0.4 is 10.1 Å². The summed E-state index contributed by atoms with van der Waals surface area (Å²) in [6.07, 6.45) is 0.0220. The number of ether oxygens (including phenoxy) is 1. The van der Waals surface area contributed by atoms with Crippen LogP contribution in [0.2, 0.25) is 0 Å². The average Bonchev–Trinajstić information content (AvgIpc) is 2.96. The standard InChI is InChI=1S/C20H20FN3O3S/c1-3-24-19(26)17(28-20(24)23-15-6-4-5-13(21)11-15)12-18(25)22-14-7-9-16(27-2)10-8-14/h4-11,17H,3,12H2,1-2H3,(H,22,25)/t17-/m1/s1. The molecule has 1 heterocycles. The second-order valence-electron chi connectivity index (χ2n) is 6.04. The maximum absolute atomic E-state index is 13.4. The summed E-state index contributed by atoms with van der Waals surface area (Å²) >= 11 is 1.22. The molecule has 0 aliphatic carbocycles. The maximum atomic E-state index is 13.4. The summed E-state index contributed by atoms with van der Waals surface area (Å²) in [6.45, 7) is 2.26. The van der Waals surface area contributed by atoms with Crippen LogP contribution in [0.25, 0.3) is 0 Å². The molecule has 0 aromatic heterocycles. The Hall–Kier alpha value is -2.87. The van der Waals surface area contributed by atoms with Gasteiger partial charge in [-0.15, -0.1) is 0 Å². The van der Waals surface area contributed by atoms with Crippen molar-refractivity contribution < 1.29 is 18.7 Å². The number of nitrogens with one attached hydrogen (secondary N) is 1. The Morgan fingerprint density at radius 2 is 2.04 bits per heavy atom. The summed E-state index contributed by atoms with van der Waals surface area (Å²) in [5.74, 6) is -0.141. The van der Waals surface area contributed by atoms with Gasteiger partial charge in [-0.25, -0.2) is 9.38 Å². The molecule has 0 saturated carbocycles. The summed E-state index contributed by atoms with van der Waals surface area (Å²) in [6, 6.07) is 12.8. The molecule has 6 nitrogen and oxygen atoms in total. The molecular weight excluding hydrogens is 381 g/mol. The molecule has 1 atom stereocenters. The van der Waals surface area contributed by atoms with E-state index in [9.17, 15) is 14.0 Å². The van der Waals surface area contributed by atoms with Crippen LogP contribution >= 0.6 is 11.8 Å². The van der Waals surface area contributed by atoms with Crippen LogP contribution in [0.15, 0.2) is 53.5 Å². The van der Waals surface area contributed by atoms with Gasteiger partial charge in [0.05, 0.1) is 12.8 Å². The van der Waals surface area contributed by atoms with Gasteiger partial charge in [0.2, 0.25) is 11.8 Å². The van der Waals surface area contributed by atoms with Crippen molar-refractivity contribution in [1.82, 2.24) is 4.90 Å². The zero-order chi connectivity index (χ0) is 20.1. The highest BCUT2D eigenvalue weighted by Crippen LogP contribution is 2.31. The molecule has 28 heavy (non-hydrogen) atoms. The number of benzene rings is 2. The van der Waals surface area contributed by atoms with Crippen molar-refractivity contribution in [2.75, 3.05) is 19.0 Å². The Morgan fingerprint density at radius 1 is 1.29 bits per heavy atom. The van der Waals surface area contributed by atoms with Crippen LogP contribution in [0.4, 0.5) is 15.8 Å². The van der Waals surface area contributed by atoms with E-state index in [1.54, 1.807) is 43.5 Å². The number of aliphatic imine (C=N–C) groups is 1. The Labute approximate surface area is 166 Å². The summed E-state index contributed by atoms with van der Waals surface area (Å²) in [4.78, 5) is 30.9. The molecule has 1 aliphatic heterocycles. The third-order valence-corrected chi connectivity index (χ3v) is 5.29. The predicted molar refractivity (Wildman–Crippen MR) is 109 cm³/mol. The highest BCUT2D eigenvalue weighted by atomic mass is 32.2. The molecular formula is C20H20FN3O3S. The lowest BCUT2D eigenvalue weighted by Crippen LogP contribution is -2.33. The Bertz CT molecular complexity index is 902. The third kappa shape index (κ3) is 4.69. The van der Waals surface area contributed by atoms with Crippen LogP contribution in [-0.4, -0.2) is 40.8 Å². The third-order valence-electron chi connectivity index (χ3n) is 4.11. The Kier molecular flexibility index (Phi) is 6.30. The summed E-state index contributed by atoms with van der Waals surface area (Å²) < 4.78 is 18.5. The number of carbonyl (C=O) groups excluding carboxylic acids is 2. The SMILES string of the molecule is CCN1C(=O)[C@@H](CC(=O)Nc2ccc(OC)cc2)SC1=Nc1cccc(F)c1.